The zero-order chi connectivity index (χ0) is 44.5. The number of fused-ring (bicyclic) bond motifs is 4. The number of nitrogens with zero attached hydrogens (tertiary/aromatic N) is 11. The lowest BCUT2D eigenvalue weighted by Crippen LogP contribution is -2.48. The van der Waals surface area contributed by atoms with Gasteiger partial charge in [-0.15, -0.1) is 0 Å². The standard InChI is InChI=1S/C23H27N7O.C16H12IN5O.C7H16N2/c1-14(2)28-7-9-29(10-8-28)17-5-6-19-18(11-17)23(31)26-22(25-19)20-12-21-16(4)24-15(3)13-30(21)27-20;1-8-7-22-14(9(2)18-8)6-13(21-22)15-19-12-4-3-10(17)5-11(12)16(23)20-15;1-7(2)9-5-3-8-4-6-9/h5-6,11-14H,7-10H2,1-4H3,(H,25,26,31);3-7H,1-2H3,(H,19,20,23);7-8H,3-6H2,1-2H3. The van der Waals surface area contributed by atoms with Crippen LogP contribution in [0.25, 0.3) is 55.9 Å². The summed E-state index contributed by atoms with van der Waals surface area (Å²) >= 11 is 2.18. The summed E-state index contributed by atoms with van der Waals surface area (Å²) in [7, 11) is 0. The van der Waals surface area contributed by atoms with Gasteiger partial charge in [0.2, 0.25) is 0 Å². The number of rotatable bonds is 5. The summed E-state index contributed by atoms with van der Waals surface area (Å²) in [6, 6.07) is 16.6. The van der Waals surface area contributed by atoms with Crippen LogP contribution in [0.15, 0.2) is 70.5 Å². The van der Waals surface area contributed by atoms with Gasteiger partial charge in [0.25, 0.3) is 11.1 Å². The Morgan fingerprint density at radius 1 is 0.587 bits per heavy atom. The molecule has 0 unspecified atom stereocenters. The van der Waals surface area contributed by atoms with Gasteiger partial charge in [-0.25, -0.2) is 19.0 Å². The highest BCUT2D eigenvalue weighted by Crippen LogP contribution is 2.24. The van der Waals surface area contributed by atoms with E-state index in [-0.39, 0.29) is 11.1 Å². The van der Waals surface area contributed by atoms with Crippen LogP contribution in [0.4, 0.5) is 5.69 Å². The number of halogens is 1. The van der Waals surface area contributed by atoms with E-state index in [1.54, 1.807) is 9.03 Å². The number of aromatic nitrogens is 10. The zero-order valence-corrected chi connectivity index (χ0v) is 39.4. The molecule has 8 aromatic rings. The third-order valence-electron chi connectivity index (χ3n) is 11.7. The van der Waals surface area contributed by atoms with Gasteiger partial charge in [-0.1, -0.05) is 0 Å². The molecule has 63 heavy (non-hydrogen) atoms. The van der Waals surface area contributed by atoms with Crippen LogP contribution in [0.5, 0.6) is 0 Å². The van der Waals surface area contributed by atoms with Crippen molar-refractivity contribution in [3.8, 4) is 23.0 Å². The number of piperazine rings is 2. The second-order valence-electron chi connectivity index (χ2n) is 16.8. The lowest BCUT2D eigenvalue weighted by Gasteiger charge is -2.38. The normalized spacial score (nSPS) is 15.1. The summed E-state index contributed by atoms with van der Waals surface area (Å²) in [5, 5.41) is 13.6. The molecule has 2 aromatic carbocycles. The Balaban J connectivity index is 0.000000149. The third kappa shape index (κ3) is 9.80. The Bertz CT molecular complexity index is 3050. The van der Waals surface area contributed by atoms with Crippen LogP contribution in [-0.4, -0.2) is 123 Å². The number of aryl methyl sites for hydroxylation is 4. The molecule has 8 heterocycles. The average Bonchev–Trinajstić information content (AvgIpc) is 3.90. The highest BCUT2D eigenvalue weighted by atomic mass is 127. The molecule has 2 aliphatic heterocycles. The molecular formula is C46H55IN14O2. The molecule has 10 rings (SSSR count). The van der Waals surface area contributed by atoms with Gasteiger partial charge >= 0.3 is 0 Å². The predicted molar refractivity (Wildman–Crippen MR) is 259 cm³/mol. The summed E-state index contributed by atoms with van der Waals surface area (Å²) in [6.45, 7) is 25.5. The Hall–Kier alpha value is -5.63. The molecule has 2 aliphatic rings. The Labute approximate surface area is 379 Å². The van der Waals surface area contributed by atoms with E-state index in [9.17, 15) is 9.59 Å². The van der Waals surface area contributed by atoms with Crippen molar-refractivity contribution >= 4 is 61.1 Å². The Morgan fingerprint density at radius 2 is 1.06 bits per heavy atom. The number of hydrogen-bond donors (Lipinski definition) is 3. The quantitative estimate of drug-likeness (QED) is 0.174. The largest absolute Gasteiger partial charge is 0.369 e. The maximum atomic E-state index is 12.9. The van der Waals surface area contributed by atoms with Gasteiger partial charge in [0.05, 0.1) is 68.0 Å². The van der Waals surface area contributed by atoms with Crippen molar-refractivity contribution in [2.24, 2.45) is 0 Å². The smallest absolute Gasteiger partial charge is 0.259 e. The molecule has 0 bridgehead atoms. The van der Waals surface area contributed by atoms with E-state index >= 15 is 0 Å². The van der Waals surface area contributed by atoms with Gasteiger partial charge in [-0.05, 0) is 127 Å². The number of H-pyrrole nitrogens is 2. The van der Waals surface area contributed by atoms with E-state index in [0.717, 1.165) is 88.4 Å². The van der Waals surface area contributed by atoms with Crippen LogP contribution in [0.2, 0.25) is 0 Å². The van der Waals surface area contributed by atoms with Crippen molar-refractivity contribution in [3.63, 3.8) is 0 Å². The van der Waals surface area contributed by atoms with Gasteiger partial charge < -0.3 is 20.2 Å². The minimum absolute atomic E-state index is 0.147. The maximum Gasteiger partial charge on any atom is 0.259 e. The minimum Gasteiger partial charge on any atom is -0.369 e. The first-order valence-corrected chi connectivity index (χ1v) is 22.6. The van der Waals surface area contributed by atoms with Crippen LogP contribution in [0.3, 0.4) is 0 Å². The monoisotopic (exact) mass is 962 g/mol. The number of anilines is 1. The molecule has 0 atom stereocenters. The van der Waals surface area contributed by atoms with E-state index in [0.29, 0.717) is 50.9 Å². The van der Waals surface area contributed by atoms with Gasteiger partial charge in [0, 0.05) is 73.7 Å². The SMILES string of the molecule is CC(C)N1CCNCC1.Cc1cn2nc(-c3nc4ccc(I)cc4c(=O)[nH]3)cc2c(C)n1.Cc1cn2nc(-c3nc4ccc(N5CCN(C(C)C)CC5)cc4c(=O)[nH]3)cc2c(C)n1. The van der Waals surface area contributed by atoms with Gasteiger partial charge in [0.15, 0.2) is 11.6 Å². The van der Waals surface area contributed by atoms with E-state index in [1.165, 1.54) is 13.1 Å². The summed E-state index contributed by atoms with van der Waals surface area (Å²) in [6.07, 6.45) is 3.73. The maximum absolute atomic E-state index is 12.9. The van der Waals surface area contributed by atoms with E-state index in [2.05, 4.69) is 111 Å². The first-order valence-electron chi connectivity index (χ1n) is 21.6. The van der Waals surface area contributed by atoms with Crippen LogP contribution in [-0.2, 0) is 0 Å². The number of nitrogens with one attached hydrogen (secondary N) is 3. The number of hydrogen-bond acceptors (Lipinski definition) is 12. The highest BCUT2D eigenvalue weighted by Gasteiger charge is 2.20. The summed E-state index contributed by atoms with van der Waals surface area (Å²) in [5.41, 5.74) is 8.71. The fourth-order valence-electron chi connectivity index (χ4n) is 8.18. The van der Waals surface area contributed by atoms with Crippen molar-refractivity contribution in [1.82, 2.24) is 64.2 Å². The van der Waals surface area contributed by atoms with Crippen molar-refractivity contribution in [3.05, 3.63) is 108 Å². The van der Waals surface area contributed by atoms with Crippen molar-refractivity contribution in [1.29, 1.82) is 0 Å². The third-order valence-corrected chi connectivity index (χ3v) is 12.3. The Kier molecular flexibility index (Phi) is 13.0. The number of aromatic amines is 2. The fourth-order valence-corrected chi connectivity index (χ4v) is 8.68. The molecule has 2 saturated heterocycles. The Morgan fingerprint density at radius 3 is 1.56 bits per heavy atom. The second kappa shape index (κ2) is 18.6. The molecule has 2 fully saturated rings. The van der Waals surface area contributed by atoms with Crippen LogP contribution >= 0.6 is 22.6 Å². The topological polar surface area (TPSA) is 174 Å². The van der Waals surface area contributed by atoms with Crippen molar-refractivity contribution in [2.75, 3.05) is 57.3 Å². The fraction of sp³-hybridized carbons (Fsp3) is 0.391. The summed E-state index contributed by atoms with van der Waals surface area (Å²) in [5.74, 6) is 0.931. The molecule has 16 nitrogen and oxygen atoms in total. The molecule has 6 aromatic heterocycles. The molecule has 3 N–H and O–H groups in total. The van der Waals surface area contributed by atoms with E-state index in [1.807, 2.05) is 82.6 Å². The first-order chi connectivity index (χ1) is 30.2. The summed E-state index contributed by atoms with van der Waals surface area (Å²) < 4.78 is 4.56. The molecule has 0 radical (unpaired) electrons. The minimum atomic E-state index is -0.161. The molecular weight excluding hydrogens is 908 g/mol. The van der Waals surface area contributed by atoms with Gasteiger partial charge in [0.1, 0.15) is 11.4 Å². The lowest BCUT2D eigenvalue weighted by atomic mass is 10.1. The van der Waals surface area contributed by atoms with Crippen LogP contribution in [0.1, 0.15) is 50.5 Å². The molecule has 328 valence electrons. The molecule has 0 amide bonds. The van der Waals surface area contributed by atoms with Crippen LogP contribution < -0.4 is 21.3 Å². The second-order valence-corrected chi connectivity index (χ2v) is 18.1. The molecule has 17 heteroatoms. The van der Waals surface area contributed by atoms with Crippen LogP contribution in [0, 0.1) is 31.3 Å². The molecule has 0 saturated carbocycles. The average molecular weight is 963 g/mol. The van der Waals surface area contributed by atoms with Crippen molar-refractivity contribution in [2.45, 2.75) is 67.5 Å². The van der Waals surface area contributed by atoms with Gasteiger partial charge in [-0.2, -0.15) is 10.2 Å². The molecule has 0 spiro atoms. The van der Waals surface area contributed by atoms with Crippen molar-refractivity contribution < 1.29 is 0 Å². The summed E-state index contributed by atoms with van der Waals surface area (Å²) in [4.78, 5) is 56.4. The predicted octanol–water partition coefficient (Wildman–Crippen LogP) is 5.93. The highest BCUT2D eigenvalue weighted by molar-refractivity contribution is 14.1. The molecule has 0 aliphatic carbocycles. The first kappa shape index (κ1) is 44.0. The van der Waals surface area contributed by atoms with E-state index in [4.69, 9.17) is 4.98 Å². The zero-order valence-electron chi connectivity index (χ0n) is 37.2. The number of benzene rings is 2. The van der Waals surface area contributed by atoms with E-state index < -0.39 is 0 Å². The van der Waals surface area contributed by atoms with Gasteiger partial charge in [-0.3, -0.25) is 29.4 Å². The lowest BCUT2D eigenvalue weighted by molar-refractivity contribution is 0.196.